The van der Waals surface area contributed by atoms with Gasteiger partial charge in [-0.2, -0.15) is 5.10 Å². The lowest BCUT2D eigenvalue weighted by atomic mass is 10.0. The molecule has 0 amide bonds. The molecule has 1 aromatic heterocycles. The minimum Gasteiger partial charge on any atom is -0.504 e. The molecule has 0 aliphatic rings. The van der Waals surface area contributed by atoms with Gasteiger partial charge in [-0.25, -0.2) is 4.79 Å². The van der Waals surface area contributed by atoms with Crippen molar-refractivity contribution in [3.8, 4) is 5.75 Å². The first-order valence-corrected chi connectivity index (χ1v) is 4.08. The van der Waals surface area contributed by atoms with E-state index in [1.54, 1.807) is 0 Å². The number of carbonyl (C=O) groups is 1. The number of aromatic hydroxyl groups is 1. The van der Waals surface area contributed by atoms with Crippen molar-refractivity contribution in [3.05, 3.63) is 11.4 Å². The van der Waals surface area contributed by atoms with Gasteiger partial charge in [0.25, 0.3) is 0 Å². The summed E-state index contributed by atoms with van der Waals surface area (Å²) in [5.41, 5.74) is 0.176. The van der Waals surface area contributed by atoms with E-state index in [9.17, 15) is 9.90 Å². The third-order valence-corrected chi connectivity index (χ3v) is 2.06. The average Bonchev–Trinajstić information content (AvgIpc) is 2.46. The van der Waals surface area contributed by atoms with Crippen molar-refractivity contribution in [2.45, 2.75) is 26.2 Å². The monoisotopic (exact) mass is 184 g/mol. The van der Waals surface area contributed by atoms with Crippen molar-refractivity contribution < 1.29 is 15.0 Å². The van der Waals surface area contributed by atoms with Crippen molar-refractivity contribution in [1.29, 1.82) is 0 Å². The van der Waals surface area contributed by atoms with Crippen molar-refractivity contribution in [1.82, 2.24) is 10.2 Å². The Morgan fingerprint density at radius 1 is 1.69 bits per heavy atom. The van der Waals surface area contributed by atoms with Crippen molar-refractivity contribution in [2.24, 2.45) is 0 Å². The fourth-order valence-corrected chi connectivity index (χ4v) is 1.04. The number of carboxylic acids is 1. The van der Waals surface area contributed by atoms with Crippen LogP contribution in [0, 0.1) is 0 Å². The third kappa shape index (κ3) is 1.63. The van der Waals surface area contributed by atoms with Gasteiger partial charge in [0, 0.05) is 5.92 Å². The summed E-state index contributed by atoms with van der Waals surface area (Å²) >= 11 is 0. The molecule has 0 aromatic carbocycles. The predicted molar refractivity (Wildman–Crippen MR) is 45.9 cm³/mol. The zero-order valence-corrected chi connectivity index (χ0v) is 7.53. The Kier molecular flexibility index (Phi) is 2.55. The molecule has 0 fully saturated rings. The molecule has 0 aliphatic heterocycles. The van der Waals surface area contributed by atoms with E-state index >= 15 is 0 Å². The Morgan fingerprint density at radius 2 is 2.31 bits per heavy atom. The summed E-state index contributed by atoms with van der Waals surface area (Å²) in [5, 5.41) is 24.1. The molecule has 1 unspecified atom stereocenters. The quantitative estimate of drug-likeness (QED) is 0.661. The van der Waals surface area contributed by atoms with Gasteiger partial charge >= 0.3 is 5.97 Å². The summed E-state index contributed by atoms with van der Waals surface area (Å²) < 4.78 is 0. The number of hydrogen-bond acceptors (Lipinski definition) is 3. The number of nitrogens with zero attached hydrogens (tertiary/aromatic N) is 1. The second-order valence-electron chi connectivity index (χ2n) is 2.95. The average molecular weight is 184 g/mol. The zero-order valence-electron chi connectivity index (χ0n) is 7.53. The molecule has 1 atom stereocenters. The lowest BCUT2D eigenvalue weighted by molar-refractivity contribution is 0.0687. The number of nitrogens with one attached hydrogen (secondary N) is 1. The molecule has 3 N–H and O–H groups in total. The van der Waals surface area contributed by atoms with Crippen LogP contribution < -0.4 is 0 Å². The van der Waals surface area contributed by atoms with Gasteiger partial charge in [0.05, 0.1) is 0 Å². The molecule has 72 valence electrons. The minimum absolute atomic E-state index is 0.0596. The molecule has 0 radical (unpaired) electrons. The number of aromatic carboxylic acids is 1. The molecular weight excluding hydrogens is 172 g/mol. The van der Waals surface area contributed by atoms with E-state index in [1.165, 1.54) is 0 Å². The van der Waals surface area contributed by atoms with Crippen LogP contribution in [0.5, 0.6) is 5.75 Å². The van der Waals surface area contributed by atoms with Crippen LogP contribution in [-0.2, 0) is 0 Å². The van der Waals surface area contributed by atoms with Gasteiger partial charge in [-0.05, 0) is 6.42 Å². The van der Waals surface area contributed by atoms with E-state index in [0.717, 1.165) is 6.42 Å². The summed E-state index contributed by atoms with van der Waals surface area (Å²) in [6.07, 6.45) is 0.803. The smallest absolute Gasteiger partial charge is 0.357 e. The SMILES string of the molecule is CCC(C)c1n[nH]c(C(=O)O)c1O. The molecule has 0 spiro atoms. The van der Waals surface area contributed by atoms with Crippen LogP contribution in [-0.4, -0.2) is 26.4 Å². The highest BCUT2D eigenvalue weighted by Gasteiger charge is 2.20. The van der Waals surface area contributed by atoms with Crippen molar-refractivity contribution >= 4 is 5.97 Å². The van der Waals surface area contributed by atoms with Gasteiger partial charge in [-0.15, -0.1) is 0 Å². The Labute approximate surface area is 75.4 Å². The number of aromatic amines is 1. The fourth-order valence-electron chi connectivity index (χ4n) is 1.04. The predicted octanol–water partition coefficient (Wildman–Crippen LogP) is 1.33. The van der Waals surface area contributed by atoms with Gasteiger partial charge in [-0.1, -0.05) is 13.8 Å². The number of hydrogen-bond donors (Lipinski definition) is 3. The van der Waals surface area contributed by atoms with Crippen LogP contribution in [0.1, 0.15) is 42.4 Å². The molecule has 1 heterocycles. The lowest BCUT2D eigenvalue weighted by Gasteiger charge is -2.03. The molecule has 5 nitrogen and oxygen atoms in total. The van der Waals surface area contributed by atoms with Gasteiger partial charge in [0.2, 0.25) is 0 Å². The van der Waals surface area contributed by atoms with E-state index < -0.39 is 5.97 Å². The summed E-state index contributed by atoms with van der Waals surface area (Å²) in [6.45, 7) is 3.82. The van der Waals surface area contributed by atoms with Crippen LogP contribution >= 0.6 is 0 Å². The Bertz CT molecular complexity index is 319. The van der Waals surface area contributed by atoms with Crippen LogP contribution in [0.2, 0.25) is 0 Å². The number of carboxylic acid groups (broad SMARTS) is 1. The highest BCUT2D eigenvalue weighted by molar-refractivity contribution is 5.88. The van der Waals surface area contributed by atoms with E-state index in [2.05, 4.69) is 10.2 Å². The maximum Gasteiger partial charge on any atom is 0.357 e. The van der Waals surface area contributed by atoms with Crippen LogP contribution in [0.15, 0.2) is 0 Å². The molecule has 0 bridgehead atoms. The summed E-state index contributed by atoms with van der Waals surface area (Å²) in [7, 11) is 0. The van der Waals surface area contributed by atoms with E-state index in [4.69, 9.17) is 5.11 Å². The first-order valence-electron chi connectivity index (χ1n) is 4.08. The molecule has 13 heavy (non-hydrogen) atoms. The van der Waals surface area contributed by atoms with Gasteiger partial charge < -0.3 is 10.2 Å². The van der Waals surface area contributed by atoms with Crippen molar-refractivity contribution in [2.75, 3.05) is 0 Å². The largest absolute Gasteiger partial charge is 0.504 e. The molecule has 0 aliphatic carbocycles. The number of H-pyrrole nitrogens is 1. The second-order valence-corrected chi connectivity index (χ2v) is 2.95. The summed E-state index contributed by atoms with van der Waals surface area (Å²) in [6, 6.07) is 0. The zero-order chi connectivity index (χ0) is 10.0. The van der Waals surface area contributed by atoms with E-state index in [-0.39, 0.29) is 17.4 Å². The van der Waals surface area contributed by atoms with E-state index in [1.807, 2.05) is 13.8 Å². The lowest BCUT2D eigenvalue weighted by Crippen LogP contribution is -1.96. The van der Waals surface area contributed by atoms with Crippen LogP contribution in [0.3, 0.4) is 0 Å². The topological polar surface area (TPSA) is 86.2 Å². The summed E-state index contributed by atoms with van der Waals surface area (Å²) in [4.78, 5) is 10.5. The van der Waals surface area contributed by atoms with Gasteiger partial charge in [0.15, 0.2) is 11.4 Å². The normalized spacial score (nSPS) is 12.8. The molecule has 1 rings (SSSR count). The number of rotatable bonds is 3. The molecule has 5 heteroatoms. The van der Waals surface area contributed by atoms with E-state index in [0.29, 0.717) is 5.69 Å². The Balaban J connectivity index is 3.06. The van der Waals surface area contributed by atoms with Gasteiger partial charge in [-0.3, -0.25) is 5.10 Å². The van der Waals surface area contributed by atoms with Crippen LogP contribution in [0.25, 0.3) is 0 Å². The minimum atomic E-state index is -1.19. The third-order valence-electron chi connectivity index (χ3n) is 2.06. The standard InChI is InChI=1S/C8H12N2O3/c1-3-4(2)5-7(11)6(8(12)13)10-9-5/h4,11H,3H2,1-2H3,(H,9,10)(H,12,13). The Morgan fingerprint density at radius 3 is 2.69 bits per heavy atom. The molecular formula is C8H12N2O3. The fraction of sp³-hybridized carbons (Fsp3) is 0.500. The molecule has 1 aromatic rings. The Hall–Kier alpha value is -1.52. The maximum atomic E-state index is 10.5. The highest BCUT2D eigenvalue weighted by Crippen LogP contribution is 2.28. The molecule has 0 saturated heterocycles. The maximum absolute atomic E-state index is 10.5. The first kappa shape index (κ1) is 9.57. The second kappa shape index (κ2) is 3.47. The summed E-state index contributed by atoms with van der Waals surface area (Å²) in [5.74, 6) is -1.38. The number of aromatic nitrogens is 2. The first-order chi connectivity index (χ1) is 6.07. The van der Waals surface area contributed by atoms with Crippen molar-refractivity contribution in [3.63, 3.8) is 0 Å². The van der Waals surface area contributed by atoms with Gasteiger partial charge in [0.1, 0.15) is 5.69 Å². The van der Waals surface area contributed by atoms with Crippen LogP contribution in [0.4, 0.5) is 0 Å². The highest BCUT2D eigenvalue weighted by atomic mass is 16.4. The molecule has 0 saturated carbocycles.